The lowest BCUT2D eigenvalue weighted by molar-refractivity contribution is -0.128. The van der Waals surface area contributed by atoms with Crippen LogP contribution in [0.1, 0.15) is 35.6 Å². The highest BCUT2D eigenvalue weighted by atomic mass is 16.2. The minimum atomic E-state index is -0.539. The number of rotatable bonds is 7. The zero-order valence-corrected chi connectivity index (χ0v) is 14.2. The minimum absolute atomic E-state index is 0.210. The van der Waals surface area contributed by atoms with Crippen molar-refractivity contribution in [1.82, 2.24) is 10.2 Å². The number of amides is 2. The van der Waals surface area contributed by atoms with Crippen LogP contribution in [0.25, 0.3) is 0 Å². The molecule has 0 bridgehead atoms. The van der Waals surface area contributed by atoms with Gasteiger partial charge in [0.1, 0.15) is 6.04 Å². The fourth-order valence-corrected chi connectivity index (χ4v) is 3.20. The Morgan fingerprint density at radius 1 is 1.08 bits per heavy atom. The van der Waals surface area contributed by atoms with E-state index < -0.39 is 11.9 Å². The number of nitrogens with zero attached hydrogens (tertiary/aromatic N) is 1. The normalized spacial score (nSPS) is 15.4. The van der Waals surface area contributed by atoms with Gasteiger partial charge in [0.2, 0.25) is 11.8 Å². The molecule has 5 nitrogen and oxygen atoms in total. The predicted molar refractivity (Wildman–Crippen MR) is 96.3 cm³/mol. The van der Waals surface area contributed by atoms with E-state index in [1.807, 2.05) is 59.5 Å². The highest BCUT2D eigenvalue weighted by Gasteiger charge is 2.21. The van der Waals surface area contributed by atoms with Crippen molar-refractivity contribution in [2.45, 2.75) is 32.0 Å². The minimum Gasteiger partial charge on any atom is -0.368 e. The first kappa shape index (κ1) is 17.2. The molecule has 25 heavy (non-hydrogen) atoms. The van der Waals surface area contributed by atoms with Crippen molar-refractivity contribution in [1.29, 1.82) is 0 Å². The van der Waals surface area contributed by atoms with Crippen LogP contribution in [0.5, 0.6) is 0 Å². The summed E-state index contributed by atoms with van der Waals surface area (Å²) in [4.78, 5) is 25.6. The standard InChI is InChI=1S/C20H23N3O2/c21-20(25)19(15-7-2-1-3-8-15)22-13-16-9-4-5-10-17(16)14-23-12-6-11-18(23)24/h1-5,7-10,19,22H,6,11-14H2,(H2,21,25)/t19-/m0/s1. The summed E-state index contributed by atoms with van der Waals surface area (Å²) in [6.45, 7) is 1.94. The van der Waals surface area contributed by atoms with Crippen molar-refractivity contribution >= 4 is 11.8 Å². The summed E-state index contributed by atoms with van der Waals surface area (Å²) in [5, 5.41) is 3.25. The van der Waals surface area contributed by atoms with Crippen LogP contribution in [0.3, 0.4) is 0 Å². The molecule has 0 spiro atoms. The Kier molecular flexibility index (Phi) is 5.46. The fraction of sp³-hybridized carbons (Fsp3) is 0.300. The smallest absolute Gasteiger partial charge is 0.239 e. The highest BCUT2D eigenvalue weighted by Crippen LogP contribution is 2.19. The van der Waals surface area contributed by atoms with Crippen LogP contribution in [0.15, 0.2) is 54.6 Å². The van der Waals surface area contributed by atoms with Crippen LogP contribution in [-0.4, -0.2) is 23.3 Å². The van der Waals surface area contributed by atoms with Gasteiger partial charge in [-0.25, -0.2) is 0 Å². The van der Waals surface area contributed by atoms with Crippen LogP contribution < -0.4 is 11.1 Å². The first-order valence-corrected chi connectivity index (χ1v) is 8.57. The van der Waals surface area contributed by atoms with Gasteiger partial charge in [-0.3, -0.25) is 14.9 Å². The lowest BCUT2D eigenvalue weighted by Gasteiger charge is -2.20. The zero-order valence-electron chi connectivity index (χ0n) is 14.2. The number of likely N-dealkylation sites (tertiary alicyclic amines) is 1. The molecule has 0 saturated carbocycles. The highest BCUT2D eigenvalue weighted by molar-refractivity contribution is 5.81. The molecular weight excluding hydrogens is 314 g/mol. The van der Waals surface area contributed by atoms with Gasteiger partial charge in [0.05, 0.1) is 0 Å². The second-order valence-electron chi connectivity index (χ2n) is 6.31. The van der Waals surface area contributed by atoms with Crippen molar-refractivity contribution in [2.24, 2.45) is 5.73 Å². The Balaban J connectivity index is 1.72. The molecule has 0 unspecified atom stereocenters. The zero-order chi connectivity index (χ0) is 17.6. The second kappa shape index (κ2) is 7.94. The number of carbonyl (C=O) groups excluding carboxylic acids is 2. The maximum absolute atomic E-state index is 11.9. The fourth-order valence-electron chi connectivity index (χ4n) is 3.20. The molecule has 1 saturated heterocycles. The molecule has 0 aromatic heterocycles. The van der Waals surface area contributed by atoms with Crippen LogP contribution >= 0.6 is 0 Å². The molecule has 2 aromatic rings. The van der Waals surface area contributed by atoms with Gasteiger partial charge in [-0.2, -0.15) is 0 Å². The van der Waals surface area contributed by atoms with Crippen molar-refractivity contribution in [2.75, 3.05) is 6.54 Å². The SMILES string of the molecule is NC(=O)[C@@H](NCc1ccccc1CN1CCCC1=O)c1ccccc1. The number of benzene rings is 2. The quantitative estimate of drug-likeness (QED) is 0.813. The third-order valence-electron chi connectivity index (χ3n) is 4.57. The van der Waals surface area contributed by atoms with E-state index in [1.165, 1.54) is 0 Å². The van der Waals surface area contributed by atoms with Gasteiger partial charge in [0.15, 0.2) is 0 Å². The van der Waals surface area contributed by atoms with Crippen LogP contribution in [-0.2, 0) is 22.7 Å². The Bertz CT molecular complexity index is 746. The average molecular weight is 337 g/mol. The maximum atomic E-state index is 11.9. The van der Waals surface area contributed by atoms with Gasteiger partial charge in [0.25, 0.3) is 0 Å². The molecule has 1 heterocycles. The van der Waals surface area contributed by atoms with Crippen LogP contribution in [0, 0.1) is 0 Å². The second-order valence-corrected chi connectivity index (χ2v) is 6.31. The summed E-state index contributed by atoms with van der Waals surface area (Å²) in [5.41, 5.74) is 8.59. The molecule has 3 rings (SSSR count). The van der Waals surface area contributed by atoms with Gasteiger partial charge < -0.3 is 10.6 Å². The van der Waals surface area contributed by atoms with E-state index in [4.69, 9.17) is 5.73 Å². The molecule has 130 valence electrons. The third-order valence-corrected chi connectivity index (χ3v) is 4.57. The number of primary amides is 1. The number of hydrogen-bond donors (Lipinski definition) is 2. The first-order valence-electron chi connectivity index (χ1n) is 8.57. The van der Waals surface area contributed by atoms with E-state index >= 15 is 0 Å². The summed E-state index contributed by atoms with van der Waals surface area (Å²) in [7, 11) is 0. The van der Waals surface area contributed by atoms with Gasteiger partial charge >= 0.3 is 0 Å². The molecule has 1 aliphatic heterocycles. The lowest BCUT2D eigenvalue weighted by Crippen LogP contribution is -2.33. The molecular formula is C20H23N3O2. The van der Waals surface area contributed by atoms with Gasteiger partial charge in [-0.1, -0.05) is 54.6 Å². The maximum Gasteiger partial charge on any atom is 0.239 e. The number of hydrogen-bond acceptors (Lipinski definition) is 3. The summed E-state index contributed by atoms with van der Waals surface area (Å²) < 4.78 is 0. The first-order chi connectivity index (χ1) is 12.1. The summed E-state index contributed by atoms with van der Waals surface area (Å²) in [6.07, 6.45) is 1.56. The van der Waals surface area contributed by atoms with Crippen LogP contribution in [0.4, 0.5) is 0 Å². The molecule has 0 radical (unpaired) electrons. The third kappa shape index (κ3) is 4.25. The molecule has 3 N–H and O–H groups in total. The van der Waals surface area contributed by atoms with E-state index in [0.717, 1.165) is 29.7 Å². The molecule has 0 aliphatic carbocycles. The van der Waals surface area contributed by atoms with Crippen molar-refractivity contribution in [3.63, 3.8) is 0 Å². The Morgan fingerprint density at radius 2 is 1.76 bits per heavy atom. The molecule has 2 amide bonds. The van der Waals surface area contributed by atoms with E-state index in [9.17, 15) is 9.59 Å². The Hall–Kier alpha value is -2.66. The predicted octanol–water partition coefficient (Wildman–Crippen LogP) is 2.13. The van der Waals surface area contributed by atoms with Crippen molar-refractivity contribution in [3.05, 3.63) is 71.3 Å². The average Bonchev–Trinajstić information content (AvgIpc) is 3.02. The number of carbonyl (C=O) groups is 2. The summed E-state index contributed by atoms with van der Waals surface area (Å²) in [6, 6.07) is 16.9. The largest absolute Gasteiger partial charge is 0.368 e. The van der Waals surface area contributed by atoms with Gasteiger partial charge in [-0.15, -0.1) is 0 Å². The Labute approximate surface area is 147 Å². The molecule has 5 heteroatoms. The number of nitrogens with two attached hydrogens (primary N) is 1. The topological polar surface area (TPSA) is 75.4 Å². The van der Waals surface area contributed by atoms with Gasteiger partial charge in [-0.05, 0) is 23.1 Å². The molecule has 2 aromatic carbocycles. The molecule has 1 fully saturated rings. The van der Waals surface area contributed by atoms with E-state index in [0.29, 0.717) is 19.5 Å². The molecule has 1 aliphatic rings. The van der Waals surface area contributed by atoms with Crippen molar-refractivity contribution in [3.8, 4) is 0 Å². The van der Waals surface area contributed by atoms with E-state index in [-0.39, 0.29) is 5.91 Å². The lowest BCUT2D eigenvalue weighted by atomic mass is 10.0. The van der Waals surface area contributed by atoms with E-state index in [1.54, 1.807) is 0 Å². The Morgan fingerprint density at radius 3 is 2.40 bits per heavy atom. The van der Waals surface area contributed by atoms with Crippen molar-refractivity contribution < 1.29 is 9.59 Å². The molecule has 1 atom stereocenters. The van der Waals surface area contributed by atoms with Gasteiger partial charge in [0, 0.05) is 26.1 Å². The van der Waals surface area contributed by atoms with Crippen LogP contribution in [0.2, 0.25) is 0 Å². The van der Waals surface area contributed by atoms with E-state index in [2.05, 4.69) is 5.32 Å². The summed E-state index contributed by atoms with van der Waals surface area (Å²) in [5.74, 6) is -0.194. The summed E-state index contributed by atoms with van der Waals surface area (Å²) >= 11 is 0. The number of nitrogens with one attached hydrogen (secondary N) is 1. The monoisotopic (exact) mass is 337 g/mol.